The van der Waals surface area contributed by atoms with Crippen molar-refractivity contribution in [1.29, 1.82) is 0 Å². The number of methoxy groups -OCH3 is 4. The topological polar surface area (TPSA) is 206 Å². The first-order valence-corrected chi connectivity index (χ1v) is 18.4. The van der Waals surface area contributed by atoms with Gasteiger partial charge in [-0.25, -0.2) is 0 Å². The Morgan fingerprint density at radius 3 is 1.45 bits per heavy atom. The van der Waals surface area contributed by atoms with Crippen molar-refractivity contribution in [2.75, 3.05) is 28.4 Å². The van der Waals surface area contributed by atoms with Gasteiger partial charge >= 0.3 is 0 Å². The SMILES string of the molecule is CCCC(O)CC(=O)CCc1ccc(O)c(OC)c1.COc1cc(/C=C/C(C)=O)ccc1O.COc1cc(C=O)ccc1O.COc1cc(CCC(C)=O)ccc1O. The molecule has 13 nitrogen and oxygen atoms in total. The molecule has 4 aromatic rings. The smallest absolute Gasteiger partial charge is 0.161 e. The molecule has 0 spiro atoms. The van der Waals surface area contributed by atoms with Gasteiger partial charge in [0, 0.05) is 24.8 Å². The first-order chi connectivity index (χ1) is 27.6. The fourth-order valence-electron chi connectivity index (χ4n) is 4.94. The summed E-state index contributed by atoms with van der Waals surface area (Å²) in [5.74, 6) is 2.13. The Labute approximate surface area is 340 Å². The first-order valence-electron chi connectivity index (χ1n) is 18.4. The molecule has 5 N–H and O–H groups in total. The largest absolute Gasteiger partial charge is 0.504 e. The number of aryl methyl sites for hydroxylation is 2. The number of carbonyl (C=O) groups excluding carboxylic acids is 4. The van der Waals surface area contributed by atoms with E-state index in [9.17, 15) is 39.6 Å². The highest BCUT2D eigenvalue weighted by Gasteiger charge is 2.11. The summed E-state index contributed by atoms with van der Waals surface area (Å²) >= 11 is 0. The van der Waals surface area contributed by atoms with E-state index in [1.165, 1.54) is 65.7 Å². The van der Waals surface area contributed by atoms with E-state index in [1.807, 2.05) is 6.92 Å². The lowest BCUT2D eigenvalue weighted by Crippen LogP contribution is -2.13. The van der Waals surface area contributed by atoms with Gasteiger partial charge in [0.05, 0.1) is 34.5 Å². The summed E-state index contributed by atoms with van der Waals surface area (Å²) in [5, 5.41) is 46.7. The van der Waals surface area contributed by atoms with Gasteiger partial charge in [-0.15, -0.1) is 0 Å². The Morgan fingerprint density at radius 2 is 1.03 bits per heavy atom. The minimum Gasteiger partial charge on any atom is -0.504 e. The molecule has 4 aromatic carbocycles. The molecular formula is C45H56O13. The molecule has 4 rings (SSSR count). The molecule has 0 aliphatic heterocycles. The third-order valence-corrected chi connectivity index (χ3v) is 8.09. The number of carbonyl (C=O) groups is 4. The van der Waals surface area contributed by atoms with Crippen LogP contribution >= 0.6 is 0 Å². The van der Waals surface area contributed by atoms with Gasteiger partial charge in [-0.05, 0) is 110 Å². The number of aldehydes is 1. The second-order valence-corrected chi connectivity index (χ2v) is 12.8. The molecule has 58 heavy (non-hydrogen) atoms. The molecule has 1 unspecified atom stereocenters. The zero-order valence-corrected chi connectivity index (χ0v) is 34.2. The number of aliphatic hydroxyl groups excluding tert-OH is 1. The van der Waals surface area contributed by atoms with E-state index in [2.05, 4.69) is 0 Å². The zero-order valence-electron chi connectivity index (χ0n) is 34.2. The predicted molar refractivity (Wildman–Crippen MR) is 222 cm³/mol. The van der Waals surface area contributed by atoms with Gasteiger partial charge in [0.25, 0.3) is 0 Å². The van der Waals surface area contributed by atoms with Crippen LogP contribution in [0.2, 0.25) is 0 Å². The Morgan fingerprint density at radius 1 is 0.621 bits per heavy atom. The molecule has 0 aromatic heterocycles. The second-order valence-electron chi connectivity index (χ2n) is 12.8. The van der Waals surface area contributed by atoms with Crippen LogP contribution in [0.5, 0.6) is 46.0 Å². The highest BCUT2D eigenvalue weighted by molar-refractivity contribution is 5.91. The monoisotopic (exact) mass is 804 g/mol. The first kappa shape index (κ1) is 49.7. The van der Waals surface area contributed by atoms with Crippen molar-refractivity contribution in [3.8, 4) is 46.0 Å². The number of rotatable bonds is 17. The van der Waals surface area contributed by atoms with Crippen LogP contribution in [0.4, 0.5) is 0 Å². The van der Waals surface area contributed by atoms with E-state index in [4.69, 9.17) is 24.1 Å². The van der Waals surface area contributed by atoms with Crippen molar-refractivity contribution in [2.45, 2.75) is 71.8 Å². The highest BCUT2D eigenvalue weighted by Crippen LogP contribution is 2.29. The van der Waals surface area contributed by atoms with Gasteiger partial charge in [0.1, 0.15) is 17.9 Å². The van der Waals surface area contributed by atoms with Crippen LogP contribution in [0.25, 0.3) is 6.08 Å². The van der Waals surface area contributed by atoms with E-state index in [0.29, 0.717) is 67.0 Å². The van der Waals surface area contributed by atoms with Crippen molar-refractivity contribution >= 4 is 29.7 Å². The quantitative estimate of drug-likeness (QED) is 0.0516. The zero-order chi connectivity index (χ0) is 43.6. The minimum absolute atomic E-state index is 0.0166. The molecule has 0 aliphatic rings. The number of hydrogen-bond acceptors (Lipinski definition) is 13. The van der Waals surface area contributed by atoms with Crippen LogP contribution in [0.1, 0.15) is 79.9 Å². The molecule has 0 saturated heterocycles. The predicted octanol–water partition coefficient (Wildman–Crippen LogP) is 7.59. The molecule has 13 heteroatoms. The third kappa shape index (κ3) is 19.5. The molecule has 0 radical (unpaired) electrons. The van der Waals surface area contributed by atoms with E-state index in [0.717, 1.165) is 23.1 Å². The van der Waals surface area contributed by atoms with E-state index < -0.39 is 6.10 Å². The van der Waals surface area contributed by atoms with Crippen molar-refractivity contribution in [2.24, 2.45) is 0 Å². The molecule has 314 valence electrons. The fraction of sp³-hybridized carbons (Fsp3) is 0.333. The lowest BCUT2D eigenvalue weighted by molar-refractivity contribution is -0.121. The molecule has 0 aliphatic carbocycles. The summed E-state index contributed by atoms with van der Waals surface area (Å²) in [5.41, 5.74) is 3.23. The molecule has 0 amide bonds. The standard InChI is InChI=1S/C15H22O4.C11H14O3.C11H12O3.C8H8O3/c1-3-4-12(16)10-13(17)7-5-11-6-8-14(18)15(9-11)19-2;2*1-8(12)3-4-9-5-6-10(13)11(7-9)14-2;1-11-8-4-6(5-9)2-3-7(8)10/h6,8-9,12,16,18H,3-5,7,10H2,1-2H3;5-7,13H,3-4H2,1-2H3;3-7,13H,1-2H3;2-5,10H,1H3/b;;4-3+;. The number of aliphatic hydroxyl groups is 1. The number of phenolic OH excluding ortho intramolecular Hbond substituents is 4. The van der Waals surface area contributed by atoms with Crippen molar-refractivity contribution < 1.29 is 63.7 Å². The van der Waals surface area contributed by atoms with Gasteiger partial charge in [-0.2, -0.15) is 0 Å². The van der Waals surface area contributed by atoms with Gasteiger partial charge in [0.2, 0.25) is 0 Å². The van der Waals surface area contributed by atoms with E-state index in [-0.39, 0.29) is 46.8 Å². The van der Waals surface area contributed by atoms with Gasteiger partial charge in [-0.1, -0.05) is 37.6 Å². The average molecular weight is 805 g/mol. The third-order valence-electron chi connectivity index (χ3n) is 8.09. The van der Waals surface area contributed by atoms with Crippen LogP contribution in [0.15, 0.2) is 78.9 Å². The molecule has 0 heterocycles. The number of ether oxygens (including phenoxy) is 4. The van der Waals surface area contributed by atoms with Crippen LogP contribution in [0, 0.1) is 0 Å². The van der Waals surface area contributed by atoms with Crippen molar-refractivity contribution in [3.63, 3.8) is 0 Å². The number of aromatic hydroxyl groups is 4. The number of benzene rings is 4. The Kier molecular flexibility index (Phi) is 23.4. The average Bonchev–Trinajstić information content (AvgIpc) is 3.20. The Balaban J connectivity index is 0.000000394. The summed E-state index contributed by atoms with van der Waals surface area (Å²) in [7, 11) is 5.91. The van der Waals surface area contributed by atoms with Crippen molar-refractivity contribution in [1.82, 2.24) is 0 Å². The van der Waals surface area contributed by atoms with Crippen LogP contribution in [-0.4, -0.2) is 83.7 Å². The summed E-state index contributed by atoms with van der Waals surface area (Å²) in [6, 6.07) is 19.5. The van der Waals surface area contributed by atoms with Crippen molar-refractivity contribution in [3.05, 3.63) is 101 Å². The number of phenols is 4. The number of hydrogen-bond donors (Lipinski definition) is 5. The lowest BCUT2D eigenvalue weighted by atomic mass is 10.0. The molecule has 0 fully saturated rings. The summed E-state index contributed by atoms with van der Waals surface area (Å²) in [6.45, 7) is 5.03. The minimum atomic E-state index is -0.521. The summed E-state index contributed by atoms with van der Waals surface area (Å²) < 4.78 is 19.7. The van der Waals surface area contributed by atoms with Crippen LogP contribution < -0.4 is 18.9 Å². The summed E-state index contributed by atoms with van der Waals surface area (Å²) in [4.78, 5) is 43.4. The fourth-order valence-corrected chi connectivity index (χ4v) is 4.94. The number of allylic oxidation sites excluding steroid dienone is 1. The molecule has 1 atom stereocenters. The number of ketones is 3. The Hall–Kier alpha value is -6.34. The van der Waals surface area contributed by atoms with Crippen LogP contribution in [0.3, 0.4) is 0 Å². The molecule has 0 bridgehead atoms. The summed E-state index contributed by atoms with van der Waals surface area (Å²) in [6.07, 6.45) is 7.28. The van der Waals surface area contributed by atoms with Gasteiger partial charge in [-0.3, -0.25) is 14.4 Å². The number of Topliss-reactive ketones (excluding diaryl/α,β-unsaturated/α-hetero) is 2. The van der Waals surface area contributed by atoms with E-state index in [1.54, 1.807) is 61.5 Å². The maximum absolute atomic E-state index is 11.7. The second kappa shape index (κ2) is 27.3. The van der Waals surface area contributed by atoms with E-state index >= 15 is 0 Å². The Bertz CT molecular complexity index is 1930. The maximum Gasteiger partial charge on any atom is 0.161 e. The lowest BCUT2D eigenvalue weighted by Gasteiger charge is -2.09. The van der Waals surface area contributed by atoms with Crippen LogP contribution in [-0.2, 0) is 27.2 Å². The highest BCUT2D eigenvalue weighted by atomic mass is 16.5. The van der Waals surface area contributed by atoms with Gasteiger partial charge in [0.15, 0.2) is 51.8 Å². The molecule has 0 saturated carbocycles. The van der Waals surface area contributed by atoms with Gasteiger partial charge < -0.3 is 49.3 Å². The normalized spacial score (nSPS) is 10.6. The maximum atomic E-state index is 11.7. The molecular weight excluding hydrogens is 748 g/mol.